The van der Waals surface area contributed by atoms with Crippen molar-refractivity contribution in [2.45, 2.75) is 6.61 Å². The highest BCUT2D eigenvalue weighted by Gasteiger charge is 2.20. The topological polar surface area (TPSA) is 51.5 Å². The highest BCUT2D eigenvalue weighted by atomic mass is 16.5. The Bertz CT molecular complexity index is 571. The maximum Gasteiger partial charge on any atom is 0.415 e. The molecule has 3 rings (SSSR count). The number of hydrogen-bond acceptors (Lipinski definition) is 2. The molecule has 4 nitrogen and oxygen atoms in total. The van der Waals surface area contributed by atoms with Crippen molar-refractivity contribution in [2.75, 3.05) is 0 Å². The molecule has 1 aromatic heterocycles. The predicted octanol–water partition coefficient (Wildman–Crippen LogP) is 2.57. The van der Waals surface area contributed by atoms with Crippen molar-refractivity contribution >= 4 is 6.09 Å². The van der Waals surface area contributed by atoms with E-state index in [1.54, 1.807) is 6.20 Å². The molecule has 1 aliphatic rings. The van der Waals surface area contributed by atoms with Crippen molar-refractivity contribution in [3.8, 4) is 16.9 Å². The molecule has 0 saturated carbocycles. The normalized spacial score (nSPS) is 12.5. The van der Waals surface area contributed by atoms with Gasteiger partial charge >= 0.3 is 6.09 Å². The minimum absolute atomic E-state index is 0.493. The summed E-state index contributed by atoms with van der Waals surface area (Å²) in [5.41, 5.74) is 2.96. The molecule has 0 unspecified atom stereocenters. The van der Waals surface area contributed by atoms with Gasteiger partial charge in [0.05, 0.1) is 6.20 Å². The number of nitrogens with zero attached hydrogens (tertiary/aromatic N) is 1. The monoisotopic (exact) mass is 215 g/mol. The maximum absolute atomic E-state index is 10.8. The van der Waals surface area contributed by atoms with Gasteiger partial charge in [0.15, 0.2) is 0 Å². The van der Waals surface area contributed by atoms with E-state index in [0.29, 0.717) is 12.4 Å². The van der Waals surface area contributed by atoms with Gasteiger partial charge in [0.1, 0.15) is 12.4 Å². The molecule has 0 saturated heterocycles. The van der Waals surface area contributed by atoms with Gasteiger partial charge < -0.3 is 9.84 Å². The van der Waals surface area contributed by atoms with E-state index in [0.717, 1.165) is 21.3 Å². The molecular formula is C12H9NO3. The molecule has 80 valence electrons. The Morgan fingerprint density at radius 2 is 2.06 bits per heavy atom. The highest BCUT2D eigenvalue weighted by Crippen LogP contribution is 2.37. The zero-order chi connectivity index (χ0) is 11.1. The van der Waals surface area contributed by atoms with Crippen LogP contribution in [-0.4, -0.2) is 15.8 Å². The highest BCUT2D eigenvalue weighted by molar-refractivity contribution is 5.79. The molecule has 0 fully saturated rings. The molecule has 0 spiro atoms. The average molecular weight is 215 g/mol. The van der Waals surface area contributed by atoms with Gasteiger partial charge in [-0.05, 0) is 11.1 Å². The van der Waals surface area contributed by atoms with Crippen LogP contribution in [0, 0.1) is 0 Å². The second-order valence-electron chi connectivity index (χ2n) is 3.67. The van der Waals surface area contributed by atoms with E-state index in [4.69, 9.17) is 9.84 Å². The summed E-state index contributed by atoms with van der Waals surface area (Å²) in [6.07, 6.45) is 2.07. The Balaban J connectivity index is 2.20. The quantitative estimate of drug-likeness (QED) is 0.734. The van der Waals surface area contributed by atoms with E-state index in [1.807, 2.05) is 24.3 Å². The van der Waals surface area contributed by atoms with Crippen LogP contribution in [0.4, 0.5) is 4.79 Å². The van der Waals surface area contributed by atoms with Gasteiger partial charge in [-0.2, -0.15) is 0 Å². The second-order valence-corrected chi connectivity index (χ2v) is 3.67. The summed E-state index contributed by atoms with van der Waals surface area (Å²) in [6, 6.07) is 7.84. The molecule has 4 heteroatoms. The van der Waals surface area contributed by atoms with E-state index < -0.39 is 6.09 Å². The second kappa shape index (κ2) is 3.13. The fraction of sp³-hybridized carbons (Fsp3) is 0.0833. The van der Waals surface area contributed by atoms with Crippen molar-refractivity contribution in [2.24, 2.45) is 0 Å². The first-order chi connectivity index (χ1) is 7.75. The van der Waals surface area contributed by atoms with Crippen LogP contribution in [0.5, 0.6) is 5.75 Å². The van der Waals surface area contributed by atoms with Crippen molar-refractivity contribution < 1.29 is 14.6 Å². The minimum atomic E-state index is -1.00. The molecule has 1 aliphatic heterocycles. The van der Waals surface area contributed by atoms with E-state index in [1.165, 1.54) is 6.20 Å². The van der Waals surface area contributed by atoms with Crippen LogP contribution < -0.4 is 4.74 Å². The Hall–Kier alpha value is -2.23. The number of benzene rings is 1. The molecule has 0 aliphatic carbocycles. The lowest BCUT2D eigenvalue weighted by atomic mass is 10.0. The Labute approximate surface area is 91.7 Å². The van der Waals surface area contributed by atoms with Crippen LogP contribution >= 0.6 is 0 Å². The molecule has 0 bridgehead atoms. The summed E-state index contributed by atoms with van der Waals surface area (Å²) in [5.74, 6) is 0.626. The molecule has 1 aromatic carbocycles. The van der Waals surface area contributed by atoms with Gasteiger partial charge in [0.25, 0.3) is 0 Å². The zero-order valence-electron chi connectivity index (χ0n) is 8.38. The van der Waals surface area contributed by atoms with Crippen molar-refractivity contribution in [3.05, 3.63) is 42.2 Å². The van der Waals surface area contributed by atoms with Crippen molar-refractivity contribution in [3.63, 3.8) is 0 Å². The Morgan fingerprint density at radius 1 is 1.25 bits per heavy atom. The van der Waals surface area contributed by atoms with Crippen LogP contribution in [0.15, 0.2) is 36.7 Å². The lowest BCUT2D eigenvalue weighted by molar-refractivity contribution is 0.196. The first kappa shape index (κ1) is 9.03. The van der Waals surface area contributed by atoms with E-state index in [-0.39, 0.29) is 0 Å². The van der Waals surface area contributed by atoms with Gasteiger partial charge in [-0.1, -0.05) is 24.3 Å². The van der Waals surface area contributed by atoms with Crippen molar-refractivity contribution in [1.29, 1.82) is 0 Å². The molecule has 0 atom stereocenters. The van der Waals surface area contributed by atoms with Crippen LogP contribution in [0.25, 0.3) is 11.1 Å². The van der Waals surface area contributed by atoms with Crippen LogP contribution in [0.3, 0.4) is 0 Å². The molecule has 2 aromatic rings. The number of carbonyl (C=O) groups is 1. The summed E-state index contributed by atoms with van der Waals surface area (Å²) in [4.78, 5) is 10.8. The first-order valence-electron chi connectivity index (χ1n) is 4.92. The van der Waals surface area contributed by atoms with Crippen LogP contribution in [0.1, 0.15) is 5.56 Å². The van der Waals surface area contributed by atoms with E-state index in [9.17, 15) is 4.79 Å². The third-order valence-electron chi connectivity index (χ3n) is 2.70. The van der Waals surface area contributed by atoms with Gasteiger partial charge in [-0.3, -0.25) is 4.57 Å². The predicted molar refractivity (Wildman–Crippen MR) is 57.6 cm³/mol. The Kier molecular flexibility index (Phi) is 1.77. The van der Waals surface area contributed by atoms with Crippen LogP contribution in [0.2, 0.25) is 0 Å². The number of aromatic nitrogens is 1. The lowest BCUT2D eigenvalue weighted by Crippen LogP contribution is -2.03. The lowest BCUT2D eigenvalue weighted by Gasteiger charge is -2.16. The fourth-order valence-corrected chi connectivity index (χ4v) is 1.93. The number of carboxylic acid groups (broad SMARTS) is 1. The minimum Gasteiger partial charge on any atom is -0.487 e. The maximum atomic E-state index is 10.8. The standard InChI is InChI=1S/C12H9NO3/c14-12(15)13-5-10-9-4-2-1-3-8(9)7-16-11(10)6-13/h1-6H,7H2,(H,14,15). The molecule has 0 amide bonds. The van der Waals surface area contributed by atoms with Crippen LogP contribution in [-0.2, 0) is 6.61 Å². The van der Waals surface area contributed by atoms with Crippen molar-refractivity contribution in [1.82, 2.24) is 4.57 Å². The summed E-state index contributed by atoms with van der Waals surface area (Å²) in [6.45, 7) is 0.493. The molecule has 16 heavy (non-hydrogen) atoms. The number of rotatable bonds is 0. The summed E-state index contributed by atoms with van der Waals surface area (Å²) < 4.78 is 6.61. The SMILES string of the molecule is O=C(O)n1cc2c(c1)-c1ccccc1CO2. The zero-order valence-corrected chi connectivity index (χ0v) is 8.38. The summed E-state index contributed by atoms with van der Waals surface area (Å²) in [7, 11) is 0. The third kappa shape index (κ3) is 1.20. The number of ether oxygens (including phenoxy) is 1. The summed E-state index contributed by atoms with van der Waals surface area (Å²) in [5, 5.41) is 8.89. The van der Waals surface area contributed by atoms with Gasteiger partial charge in [-0.15, -0.1) is 0 Å². The third-order valence-corrected chi connectivity index (χ3v) is 2.70. The van der Waals surface area contributed by atoms with Gasteiger partial charge in [0.2, 0.25) is 0 Å². The largest absolute Gasteiger partial charge is 0.487 e. The molecule has 1 N–H and O–H groups in total. The number of hydrogen-bond donors (Lipinski definition) is 1. The Morgan fingerprint density at radius 3 is 2.88 bits per heavy atom. The molecule has 2 heterocycles. The fourth-order valence-electron chi connectivity index (χ4n) is 1.93. The van der Waals surface area contributed by atoms with Gasteiger partial charge in [-0.25, -0.2) is 4.79 Å². The smallest absolute Gasteiger partial charge is 0.415 e. The first-order valence-corrected chi connectivity index (χ1v) is 4.92. The van der Waals surface area contributed by atoms with E-state index in [2.05, 4.69) is 0 Å². The number of fused-ring (bicyclic) bond motifs is 3. The van der Waals surface area contributed by atoms with Gasteiger partial charge in [0, 0.05) is 11.8 Å². The summed E-state index contributed by atoms with van der Waals surface area (Å²) >= 11 is 0. The molecular weight excluding hydrogens is 206 g/mol. The van der Waals surface area contributed by atoms with E-state index >= 15 is 0 Å². The average Bonchev–Trinajstić information content (AvgIpc) is 2.73. The molecule has 0 radical (unpaired) electrons.